The SMILES string of the molecule is Cc1nnc(-n2c(=O)[nH]c3cc(F)ccc32)s1. The Morgan fingerprint density at radius 3 is 2.94 bits per heavy atom. The molecule has 7 heteroatoms. The molecule has 0 unspecified atom stereocenters. The van der Waals surface area contributed by atoms with Gasteiger partial charge in [-0.25, -0.2) is 13.8 Å². The highest BCUT2D eigenvalue weighted by molar-refractivity contribution is 7.13. The van der Waals surface area contributed by atoms with E-state index in [1.807, 2.05) is 0 Å². The van der Waals surface area contributed by atoms with E-state index in [-0.39, 0.29) is 11.5 Å². The summed E-state index contributed by atoms with van der Waals surface area (Å²) in [6.07, 6.45) is 0. The third kappa shape index (κ3) is 1.55. The molecule has 17 heavy (non-hydrogen) atoms. The van der Waals surface area contributed by atoms with Gasteiger partial charge in [-0.2, -0.15) is 0 Å². The van der Waals surface area contributed by atoms with Crippen LogP contribution in [-0.4, -0.2) is 19.7 Å². The number of aromatic nitrogens is 4. The van der Waals surface area contributed by atoms with Crippen molar-refractivity contribution in [1.82, 2.24) is 19.7 Å². The first-order chi connectivity index (χ1) is 8.15. The van der Waals surface area contributed by atoms with Gasteiger partial charge in [0.15, 0.2) is 0 Å². The minimum Gasteiger partial charge on any atom is -0.305 e. The Hall–Kier alpha value is -2.02. The first kappa shape index (κ1) is 10.2. The van der Waals surface area contributed by atoms with E-state index < -0.39 is 0 Å². The molecule has 0 fully saturated rings. The van der Waals surface area contributed by atoms with Gasteiger partial charge in [0.05, 0.1) is 11.0 Å². The number of halogens is 1. The van der Waals surface area contributed by atoms with Crippen molar-refractivity contribution in [2.24, 2.45) is 0 Å². The van der Waals surface area contributed by atoms with E-state index in [9.17, 15) is 9.18 Å². The van der Waals surface area contributed by atoms with Crippen molar-refractivity contribution in [2.75, 3.05) is 0 Å². The standard InChI is InChI=1S/C10H7FN4OS/c1-5-13-14-10(17-5)15-8-3-2-6(11)4-7(8)12-9(15)16/h2-4H,1H3,(H,12,16). The zero-order chi connectivity index (χ0) is 12.0. The summed E-state index contributed by atoms with van der Waals surface area (Å²) in [5.74, 6) is -0.389. The van der Waals surface area contributed by atoms with Crippen molar-refractivity contribution in [1.29, 1.82) is 0 Å². The third-order valence-corrected chi connectivity index (χ3v) is 3.17. The van der Waals surface area contributed by atoms with E-state index in [4.69, 9.17) is 0 Å². The molecule has 0 atom stereocenters. The maximum atomic E-state index is 13.0. The zero-order valence-corrected chi connectivity index (χ0v) is 9.58. The Balaban J connectivity index is 2.36. The van der Waals surface area contributed by atoms with Gasteiger partial charge in [0.25, 0.3) is 0 Å². The van der Waals surface area contributed by atoms with Gasteiger partial charge in [-0.1, -0.05) is 11.3 Å². The molecule has 1 N–H and O–H groups in total. The molecule has 0 aliphatic heterocycles. The number of imidazole rings is 1. The van der Waals surface area contributed by atoms with Crippen LogP contribution in [0.3, 0.4) is 0 Å². The second-order valence-corrected chi connectivity index (χ2v) is 4.69. The fourth-order valence-corrected chi connectivity index (χ4v) is 2.35. The van der Waals surface area contributed by atoms with Crippen LogP contribution in [0.4, 0.5) is 4.39 Å². The van der Waals surface area contributed by atoms with Gasteiger partial charge in [-0.05, 0) is 25.1 Å². The van der Waals surface area contributed by atoms with Crippen LogP contribution in [0.1, 0.15) is 5.01 Å². The molecule has 0 saturated heterocycles. The Morgan fingerprint density at radius 2 is 2.24 bits per heavy atom. The van der Waals surface area contributed by atoms with E-state index in [2.05, 4.69) is 15.2 Å². The maximum absolute atomic E-state index is 13.0. The van der Waals surface area contributed by atoms with E-state index in [1.54, 1.807) is 13.0 Å². The van der Waals surface area contributed by atoms with Crippen LogP contribution in [0.25, 0.3) is 16.2 Å². The van der Waals surface area contributed by atoms with Crippen LogP contribution in [0.15, 0.2) is 23.0 Å². The predicted octanol–water partition coefficient (Wildman–Crippen LogP) is 1.62. The molecule has 5 nitrogen and oxygen atoms in total. The van der Waals surface area contributed by atoms with Gasteiger partial charge < -0.3 is 4.98 Å². The summed E-state index contributed by atoms with van der Waals surface area (Å²) in [7, 11) is 0. The Kier molecular flexibility index (Phi) is 2.08. The summed E-state index contributed by atoms with van der Waals surface area (Å²) in [6.45, 7) is 1.81. The fraction of sp³-hybridized carbons (Fsp3) is 0.100. The van der Waals surface area contributed by atoms with E-state index in [1.165, 1.54) is 28.0 Å². The van der Waals surface area contributed by atoms with Crippen molar-refractivity contribution in [3.05, 3.63) is 39.5 Å². The van der Waals surface area contributed by atoms with Crippen LogP contribution in [0.2, 0.25) is 0 Å². The van der Waals surface area contributed by atoms with Gasteiger partial charge >= 0.3 is 5.69 Å². The average molecular weight is 250 g/mol. The zero-order valence-electron chi connectivity index (χ0n) is 8.77. The largest absolute Gasteiger partial charge is 0.332 e. The highest BCUT2D eigenvalue weighted by atomic mass is 32.1. The number of benzene rings is 1. The van der Waals surface area contributed by atoms with Crippen LogP contribution >= 0.6 is 11.3 Å². The van der Waals surface area contributed by atoms with Crippen molar-refractivity contribution >= 4 is 22.4 Å². The van der Waals surface area contributed by atoms with Crippen molar-refractivity contribution in [3.63, 3.8) is 0 Å². The maximum Gasteiger partial charge on any atom is 0.332 e. The molecule has 2 aromatic heterocycles. The van der Waals surface area contributed by atoms with Crippen molar-refractivity contribution in [2.45, 2.75) is 6.92 Å². The van der Waals surface area contributed by atoms with Crippen LogP contribution in [-0.2, 0) is 0 Å². The monoisotopic (exact) mass is 250 g/mol. The molecular formula is C10H7FN4OS. The molecule has 86 valence electrons. The number of aryl methyl sites for hydroxylation is 1. The lowest BCUT2D eigenvalue weighted by atomic mass is 10.3. The second kappa shape index (κ2) is 3.49. The molecule has 0 radical (unpaired) electrons. The number of nitrogens with zero attached hydrogens (tertiary/aromatic N) is 3. The molecule has 0 saturated carbocycles. The molecule has 3 aromatic rings. The lowest BCUT2D eigenvalue weighted by molar-refractivity contribution is 0.629. The Labute approximate surface area is 98.5 Å². The normalized spacial score (nSPS) is 11.2. The van der Waals surface area contributed by atoms with Gasteiger partial charge in [-0.15, -0.1) is 10.2 Å². The Morgan fingerprint density at radius 1 is 1.41 bits per heavy atom. The molecule has 0 aliphatic carbocycles. The van der Waals surface area contributed by atoms with E-state index in [0.717, 1.165) is 5.01 Å². The summed E-state index contributed by atoms with van der Waals surface area (Å²) >= 11 is 1.31. The van der Waals surface area contributed by atoms with Crippen molar-refractivity contribution in [3.8, 4) is 5.13 Å². The number of rotatable bonds is 1. The quantitative estimate of drug-likeness (QED) is 0.713. The van der Waals surface area contributed by atoms with E-state index in [0.29, 0.717) is 16.2 Å². The number of aromatic amines is 1. The molecule has 0 spiro atoms. The lowest BCUT2D eigenvalue weighted by Gasteiger charge is -1.96. The molecule has 0 bridgehead atoms. The summed E-state index contributed by atoms with van der Waals surface area (Å²) in [5, 5.41) is 9.01. The number of fused-ring (bicyclic) bond motifs is 1. The van der Waals surface area contributed by atoms with Gasteiger partial charge in [0, 0.05) is 0 Å². The molecule has 3 rings (SSSR count). The summed E-state index contributed by atoms with van der Waals surface area (Å²) in [4.78, 5) is 14.4. The summed E-state index contributed by atoms with van der Waals surface area (Å²) < 4.78 is 14.4. The highest BCUT2D eigenvalue weighted by Crippen LogP contribution is 2.18. The minimum absolute atomic E-state index is 0.346. The summed E-state index contributed by atoms with van der Waals surface area (Å²) in [6, 6.07) is 4.13. The predicted molar refractivity (Wildman–Crippen MR) is 62.1 cm³/mol. The number of nitrogens with one attached hydrogen (secondary N) is 1. The van der Waals surface area contributed by atoms with E-state index >= 15 is 0 Å². The molecule has 0 aliphatic rings. The van der Waals surface area contributed by atoms with Gasteiger partial charge in [-0.3, -0.25) is 0 Å². The molecular weight excluding hydrogens is 243 g/mol. The molecule has 0 amide bonds. The Bertz CT molecular complexity index is 757. The summed E-state index contributed by atoms with van der Waals surface area (Å²) in [5.41, 5.74) is 0.692. The minimum atomic E-state index is -0.389. The number of hydrogen-bond acceptors (Lipinski definition) is 4. The number of hydrogen-bond donors (Lipinski definition) is 1. The van der Waals surface area contributed by atoms with Crippen molar-refractivity contribution < 1.29 is 4.39 Å². The van der Waals surface area contributed by atoms with Crippen LogP contribution in [0, 0.1) is 12.7 Å². The van der Waals surface area contributed by atoms with Gasteiger partial charge in [0.2, 0.25) is 5.13 Å². The van der Waals surface area contributed by atoms with Gasteiger partial charge in [0.1, 0.15) is 10.8 Å². The third-order valence-electron chi connectivity index (χ3n) is 2.35. The van der Waals surface area contributed by atoms with Crippen LogP contribution in [0.5, 0.6) is 0 Å². The fourth-order valence-electron chi connectivity index (χ4n) is 1.65. The average Bonchev–Trinajstić information content (AvgIpc) is 2.80. The first-order valence-electron chi connectivity index (χ1n) is 4.86. The lowest BCUT2D eigenvalue weighted by Crippen LogP contribution is -2.14. The smallest absolute Gasteiger partial charge is 0.305 e. The number of H-pyrrole nitrogens is 1. The van der Waals surface area contributed by atoms with Crippen LogP contribution < -0.4 is 5.69 Å². The second-order valence-electron chi connectivity index (χ2n) is 3.53. The first-order valence-corrected chi connectivity index (χ1v) is 5.67. The highest BCUT2D eigenvalue weighted by Gasteiger charge is 2.12. The topological polar surface area (TPSA) is 63.6 Å². The molecule has 1 aromatic carbocycles. The molecule has 2 heterocycles.